The van der Waals surface area contributed by atoms with E-state index in [2.05, 4.69) is 25.5 Å². The summed E-state index contributed by atoms with van der Waals surface area (Å²) in [6.45, 7) is 0.391. The van der Waals surface area contributed by atoms with E-state index in [-0.39, 0.29) is 11.0 Å². The van der Waals surface area contributed by atoms with Crippen molar-refractivity contribution in [2.24, 2.45) is 0 Å². The maximum absolute atomic E-state index is 11.6. The summed E-state index contributed by atoms with van der Waals surface area (Å²) >= 11 is 0. The molecule has 0 fully saturated rings. The van der Waals surface area contributed by atoms with Crippen LogP contribution in [0.5, 0.6) is 0 Å². The van der Waals surface area contributed by atoms with Crippen LogP contribution in [0.3, 0.4) is 0 Å². The lowest BCUT2D eigenvalue weighted by Gasteiger charge is -2.02. The van der Waals surface area contributed by atoms with Gasteiger partial charge in [0.05, 0.1) is 0 Å². The van der Waals surface area contributed by atoms with E-state index in [0.29, 0.717) is 18.8 Å². The summed E-state index contributed by atoms with van der Waals surface area (Å²) in [4.78, 5) is 29.6. The second-order valence-corrected chi connectivity index (χ2v) is 3.36. The van der Waals surface area contributed by atoms with E-state index >= 15 is 0 Å². The van der Waals surface area contributed by atoms with Gasteiger partial charge in [-0.25, -0.2) is 4.98 Å². The molecule has 2 aromatic rings. The summed E-state index contributed by atoms with van der Waals surface area (Å²) in [6, 6.07) is 1.31. The molecule has 2 heterocycles. The lowest BCUT2D eigenvalue weighted by Crippen LogP contribution is -2.30. The standard InChI is InChI=1S/C10H11N5O2/c16-8-1-3-11-5-7(8)10(17)12-4-2-9-13-6-14-15-9/h1,3,5-6H,2,4H2,(H,11,16)(H,12,17)(H,13,14,15). The number of aromatic amines is 2. The molecule has 0 spiro atoms. The Morgan fingerprint density at radius 2 is 2.35 bits per heavy atom. The van der Waals surface area contributed by atoms with Crippen molar-refractivity contribution in [2.75, 3.05) is 6.54 Å². The zero-order valence-electron chi connectivity index (χ0n) is 8.93. The average molecular weight is 233 g/mol. The lowest BCUT2D eigenvalue weighted by atomic mass is 10.2. The predicted octanol–water partition coefficient (Wildman–Crippen LogP) is -0.535. The highest BCUT2D eigenvalue weighted by Gasteiger charge is 2.08. The number of amides is 1. The molecule has 1 amide bonds. The molecule has 17 heavy (non-hydrogen) atoms. The minimum Gasteiger partial charge on any atom is -0.367 e. The Bertz CT molecular complexity index is 546. The molecule has 0 aromatic carbocycles. The van der Waals surface area contributed by atoms with Crippen molar-refractivity contribution < 1.29 is 4.79 Å². The summed E-state index contributed by atoms with van der Waals surface area (Å²) in [6.07, 6.45) is 4.80. The van der Waals surface area contributed by atoms with Gasteiger partial charge in [0, 0.05) is 31.4 Å². The van der Waals surface area contributed by atoms with Gasteiger partial charge in [0.2, 0.25) is 0 Å². The van der Waals surface area contributed by atoms with Gasteiger partial charge in [-0.1, -0.05) is 0 Å². The summed E-state index contributed by atoms with van der Waals surface area (Å²) < 4.78 is 0. The predicted molar refractivity (Wildman–Crippen MR) is 59.5 cm³/mol. The molecule has 2 aromatic heterocycles. The highest BCUT2D eigenvalue weighted by atomic mass is 16.2. The van der Waals surface area contributed by atoms with Crippen LogP contribution in [-0.4, -0.2) is 32.6 Å². The molecule has 0 atom stereocenters. The first-order valence-corrected chi connectivity index (χ1v) is 5.07. The fraction of sp³-hybridized carbons (Fsp3) is 0.200. The molecular formula is C10H11N5O2. The molecule has 3 N–H and O–H groups in total. The van der Waals surface area contributed by atoms with Crippen LogP contribution in [0.4, 0.5) is 0 Å². The third-order valence-electron chi connectivity index (χ3n) is 2.18. The number of aromatic nitrogens is 4. The van der Waals surface area contributed by atoms with Gasteiger partial charge in [-0.3, -0.25) is 14.7 Å². The smallest absolute Gasteiger partial charge is 0.256 e. The van der Waals surface area contributed by atoms with E-state index in [9.17, 15) is 9.59 Å². The first-order valence-electron chi connectivity index (χ1n) is 5.07. The Kier molecular flexibility index (Phi) is 3.29. The molecule has 0 aliphatic heterocycles. The zero-order valence-corrected chi connectivity index (χ0v) is 8.93. The number of hydrogen-bond acceptors (Lipinski definition) is 4. The normalized spacial score (nSPS) is 10.1. The molecule has 0 saturated carbocycles. The summed E-state index contributed by atoms with van der Waals surface area (Å²) in [5.74, 6) is 0.290. The molecule has 7 nitrogen and oxygen atoms in total. The first-order chi connectivity index (χ1) is 8.27. The van der Waals surface area contributed by atoms with E-state index in [4.69, 9.17) is 0 Å². The van der Waals surface area contributed by atoms with Crippen molar-refractivity contribution in [3.8, 4) is 0 Å². The van der Waals surface area contributed by atoms with Crippen molar-refractivity contribution in [3.63, 3.8) is 0 Å². The maximum atomic E-state index is 11.6. The monoisotopic (exact) mass is 233 g/mol. The van der Waals surface area contributed by atoms with Gasteiger partial charge in [0.25, 0.3) is 5.91 Å². The number of hydrogen-bond donors (Lipinski definition) is 3. The third kappa shape index (κ3) is 2.77. The van der Waals surface area contributed by atoms with Crippen LogP contribution in [-0.2, 0) is 6.42 Å². The Morgan fingerprint density at radius 1 is 1.47 bits per heavy atom. The van der Waals surface area contributed by atoms with Crippen LogP contribution >= 0.6 is 0 Å². The van der Waals surface area contributed by atoms with Crippen molar-refractivity contribution >= 4 is 5.91 Å². The Balaban J connectivity index is 1.90. The molecule has 0 aliphatic carbocycles. The SMILES string of the molecule is O=C(NCCc1ncn[nH]1)c1c[nH]ccc1=O. The highest BCUT2D eigenvalue weighted by molar-refractivity contribution is 5.93. The van der Waals surface area contributed by atoms with Crippen molar-refractivity contribution in [2.45, 2.75) is 6.42 Å². The molecule has 0 aliphatic rings. The van der Waals surface area contributed by atoms with Gasteiger partial charge in [-0.05, 0) is 0 Å². The van der Waals surface area contributed by atoms with Gasteiger partial charge >= 0.3 is 0 Å². The second kappa shape index (κ2) is 5.06. The fourth-order valence-electron chi connectivity index (χ4n) is 1.33. The number of H-pyrrole nitrogens is 2. The number of pyridine rings is 1. The molecule has 88 valence electrons. The molecule has 0 radical (unpaired) electrons. The minimum absolute atomic E-state index is 0.102. The average Bonchev–Trinajstić information content (AvgIpc) is 2.82. The Hall–Kier alpha value is -2.44. The van der Waals surface area contributed by atoms with Gasteiger partial charge < -0.3 is 10.3 Å². The number of nitrogens with one attached hydrogen (secondary N) is 3. The van der Waals surface area contributed by atoms with Crippen molar-refractivity contribution in [3.05, 3.63) is 46.4 Å². The van der Waals surface area contributed by atoms with Crippen LogP contribution in [0, 0.1) is 0 Å². The van der Waals surface area contributed by atoms with Gasteiger partial charge in [0.1, 0.15) is 17.7 Å². The first kappa shape index (κ1) is 11.1. The quantitative estimate of drug-likeness (QED) is 0.660. The van der Waals surface area contributed by atoms with Crippen LogP contribution in [0.15, 0.2) is 29.6 Å². The molecular weight excluding hydrogens is 222 g/mol. The van der Waals surface area contributed by atoms with Gasteiger partial charge in [-0.2, -0.15) is 5.10 Å². The van der Waals surface area contributed by atoms with Crippen molar-refractivity contribution in [1.82, 2.24) is 25.5 Å². The fourth-order valence-corrected chi connectivity index (χ4v) is 1.33. The summed E-state index contributed by atoms with van der Waals surface area (Å²) in [5, 5.41) is 9.00. The highest BCUT2D eigenvalue weighted by Crippen LogP contribution is 1.89. The number of nitrogens with zero attached hydrogens (tertiary/aromatic N) is 2. The molecule has 0 bridgehead atoms. The van der Waals surface area contributed by atoms with E-state index in [1.54, 1.807) is 0 Å². The topological polar surface area (TPSA) is 104 Å². The van der Waals surface area contributed by atoms with Crippen LogP contribution in [0.25, 0.3) is 0 Å². The van der Waals surface area contributed by atoms with E-state index in [1.807, 2.05) is 0 Å². The van der Waals surface area contributed by atoms with E-state index in [0.717, 1.165) is 0 Å². The molecule has 7 heteroatoms. The number of carbonyl (C=O) groups excluding carboxylic acids is 1. The van der Waals surface area contributed by atoms with Crippen LogP contribution in [0.2, 0.25) is 0 Å². The summed E-state index contributed by atoms with van der Waals surface area (Å²) in [5.41, 5.74) is -0.203. The Labute approximate surface area is 96.3 Å². The van der Waals surface area contributed by atoms with Crippen LogP contribution < -0.4 is 10.7 Å². The lowest BCUT2D eigenvalue weighted by molar-refractivity contribution is 0.0952. The molecule has 0 saturated heterocycles. The van der Waals surface area contributed by atoms with E-state index < -0.39 is 5.91 Å². The summed E-state index contributed by atoms with van der Waals surface area (Å²) in [7, 11) is 0. The van der Waals surface area contributed by atoms with Gasteiger partial charge in [-0.15, -0.1) is 0 Å². The number of carbonyl (C=O) groups is 1. The maximum Gasteiger partial charge on any atom is 0.256 e. The van der Waals surface area contributed by atoms with Gasteiger partial charge in [0.15, 0.2) is 5.43 Å². The minimum atomic E-state index is -0.397. The largest absolute Gasteiger partial charge is 0.367 e. The molecule has 2 rings (SSSR count). The third-order valence-corrected chi connectivity index (χ3v) is 2.18. The zero-order chi connectivity index (χ0) is 12.1. The van der Waals surface area contributed by atoms with Crippen molar-refractivity contribution in [1.29, 1.82) is 0 Å². The molecule has 0 unspecified atom stereocenters. The van der Waals surface area contributed by atoms with E-state index in [1.165, 1.54) is 24.8 Å². The second-order valence-electron chi connectivity index (χ2n) is 3.36. The Morgan fingerprint density at radius 3 is 3.06 bits per heavy atom. The van der Waals surface area contributed by atoms with Crippen LogP contribution in [0.1, 0.15) is 16.2 Å². The number of rotatable bonds is 4.